The molecule has 1 N–H and O–H groups in total. The summed E-state index contributed by atoms with van der Waals surface area (Å²) in [5.74, 6) is 0.530. The van der Waals surface area contributed by atoms with Gasteiger partial charge < -0.3 is 4.74 Å². The maximum atomic E-state index is 12.0. The zero-order valence-corrected chi connectivity index (χ0v) is 16.2. The molecule has 0 aliphatic carbocycles. The molecule has 0 saturated carbocycles. The summed E-state index contributed by atoms with van der Waals surface area (Å²) in [7, 11) is 0. The third kappa shape index (κ3) is 6.08. The van der Waals surface area contributed by atoms with E-state index in [1.807, 2.05) is 78.9 Å². The highest BCUT2D eigenvalue weighted by Gasteiger charge is 2.05. The number of hydrogen-bond acceptors (Lipinski definition) is 3. The van der Waals surface area contributed by atoms with Gasteiger partial charge in [0.25, 0.3) is 0 Å². The van der Waals surface area contributed by atoms with Gasteiger partial charge in [-0.25, -0.2) is 5.43 Å². The van der Waals surface area contributed by atoms with E-state index in [1.165, 1.54) is 0 Å². The van der Waals surface area contributed by atoms with Crippen molar-refractivity contribution in [2.75, 3.05) is 0 Å². The second kappa shape index (κ2) is 9.69. The van der Waals surface area contributed by atoms with E-state index in [2.05, 4.69) is 26.5 Å². The minimum atomic E-state index is -0.167. The topological polar surface area (TPSA) is 50.7 Å². The molecule has 1 amide bonds. The first-order valence-electron chi connectivity index (χ1n) is 8.53. The first kappa shape index (κ1) is 18.9. The first-order chi connectivity index (χ1) is 13.2. The minimum absolute atomic E-state index is 0.167. The number of nitrogens with zero attached hydrogens (tertiary/aromatic N) is 1. The summed E-state index contributed by atoms with van der Waals surface area (Å²) in [4.78, 5) is 12.0. The van der Waals surface area contributed by atoms with E-state index < -0.39 is 0 Å². The highest BCUT2D eigenvalue weighted by atomic mass is 79.9. The van der Waals surface area contributed by atoms with Gasteiger partial charge in [0.2, 0.25) is 5.91 Å². The monoisotopic (exact) mass is 422 g/mol. The van der Waals surface area contributed by atoms with Gasteiger partial charge >= 0.3 is 0 Å². The van der Waals surface area contributed by atoms with Crippen LogP contribution in [-0.4, -0.2) is 12.1 Å². The standard InChI is InChI=1S/C22H19BrN2O2/c23-20-11-12-21(27-16-18-9-5-2-6-10-18)19(14-20)15-24-25-22(26)13-17-7-3-1-4-8-17/h1-12,14-15H,13,16H2,(H,25,26). The summed E-state index contributed by atoms with van der Waals surface area (Å²) in [6, 6.07) is 25.2. The van der Waals surface area contributed by atoms with Crippen molar-refractivity contribution < 1.29 is 9.53 Å². The Hall–Kier alpha value is -2.92. The number of carbonyl (C=O) groups is 1. The van der Waals surface area contributed by atoms with Gasteiger partial charge in [-0.15, -0.1) is 0 Å². The fourth-order valence-electron chi connectivity index (χ4n) is 2.48. The van der Waals surface area contributed by atoms with Crippen LogP contribution in [0.15, 0.2) is 88.4 Å². The Morgan fingerprint density at radius 1 is 0.963 bits per heavy atom. The molecular weight excluding hydrogens is 404 g/mol. The molecule has 5 heteroatoms. The van der Waals surface area contributed by atoms with E-state index in [9.17, 15) is 4.79 Å². The maximum Gasteiger partial charge on any atom is 0.244 e. The fourth-order valence-corrected chi connectivity index (χ4v) is 2.86. The van der Waals surface area contributed by atoms with Gasteiger partial charge in [-0.2, -0.15) is 5.10 Å². The number of ether oxygens (including phenoxy) is 1. The Morgan fingerprint density at radius 2 is 1.63 bits per heavy atom. The lowest BCUT2D eigenvalue weighted by molar-refractivity contribution is -0.120. The number of nitrogens with one attached hydrogen (secondary N) is 1. The van der Waals surface area contributed by atoms with Crippen LogP contribution in [0, 0.1) is 0 Å². The van der Waals surface area contributed by atoms with Crippen LogP contribution in [0.1, 0.15) is 16.7 Å². The highest BCUT2D eigenvalue weighted by molar-refractivity contribution is 9.10. The summed E-state index contributed by atoms with van der Waals surface area (Å²) < 4.78 is 6.82. The van der Waals surface area contributed by atoms with Crippen molar-refractivity contribution in [3.05, 3.63) is 100 Å². The number of hydrazone groups is 1. The molecule has 0 spiro atoms. The van der Waals surface area contributed by atoms with Crippen LogP contribution in [0.25, 0.3) is 0 Å². The summed E-state index contributed by atoms with van der Waals surface area (Å²) in [5, 5.41) is 4.07. The average Bonchev–Trinajstić information content (AvgIpc) is 2.69. The van der Waals surface area contributed by atoms with E-state index in [4.69, 9.17) is 4.74 Å². The summed E-state index contributed by atoms with van der Waals surface area (Å²) in [6.07, 6.45) is 1.88. The van der Waals surface area contributed by atoms with Crippen LogP contribution in [0.3, 0.4) is 0 Å². The predicted octanol–water partition coefficient (Wildman–Crippen LogP) is 4.72. The summed E-state index contributed by atoms with van der Waals surface area (Å²) in [6.45, 7) is 0.462. The molecule has 136 valence electrons. The molecule has 0 radical (unpaired) electrons. The molecule has 0 aromatic heterocycles. The smallest absolute Gasteiger partial charge is 0.244 e. The van der Waals surface area contributed by atoms with Gasteiger partial charge in [0.15, 0.2) is 0 Å². The molecule has 0 unspecified atom stereocenters. The van der Waals surface area contributed by atoms with Crippen LogP contribution in [0.2, 0.25) is 0 Å². The lowest BCUT2D eigenvalue weighted by Gasteiger charge is -2.09. The third-order valence-electron chi connectivity index (χ3n) is 3.81. The Balaban J connectivity index is 1.62. The first-order valence-corrected chi connectivity index (χ1v) is 9.32. The van der Waals surface area contributed by atoms with Gasteiger partial charge in [0.1, 0.15) is 12.4 Å². The van der Waals surface area contributed by atoms with E-state index in [0.717, 1.165) is 21.2 Å². The highest BCUT2D eigenvalue weighted by Crippen LogP contribution is 2.22. The number of halogens is 1. The van der Waals surface area contributed by atoms with E-state index in [-0.39, 0.29) is 12.3 Å². The van der Waals surface area contributed by atoms with Gasteiger partial charge in [-0.3, -0.25) is 4.79 Å². The number of benzene rings is 3. The molecule has 0 atom stereocenters. The van der Waals surface area contributed by atoms with Crippen molar-refractivity contribution >= 4 is 28.1 Å². The number of hydrogen-bond donors (Lipinski definition) is 1. The average molecular weight is 423 g/mol. The van der Waals surface area contributed by atoms with Gasteiger partial charge in [0, 0.05) is 10.0 Å². The molecule has 0 fully saturated rings. The molecule has 0 saturated heterocycles. The molecule has 0 aliphatic heterocycles. The Morgan fingerprint density at radius 3 is 2.33 bits per heavy atom. The molecule has 4 nitrogen and oxygen atoms in total. The number of carbonyl (C=O) groups excluding carboxylic acids is 1. The van der Waals surface area contributed by atoms with Crippen LogP contribution in [-0.2, 0) is 17.8 Å². The molecule has 0 bridgehead atoms. The second-order valence-electron chi connectivity index (χ2n) is 5.91. The van der Waals surface area contributed by atoms with E-state index >= 15 is 0 Å². The van der Waals surface area contributed by atoms with Crippen LogP contribution in [0.5, 0.6) is 5.75 Å². The quantitative estimate of drug-likeness (QED) is 0.442. The summed E-state index contributed by atoms with van der Waals surface area (Å²) >= 11 is 3.45. The largest absolute Gasteiger partial charge is 0.488 e. The summed E-state index contributed by atoms with van der Waals surface area (Å²) in [5.41, 5.74) is 5.36. The zero-order chi connectivity index (χ0) is 18.9. The van der Waals surface area contributed by atoms with Crippen molar-refractivity contribution in [3.8, 4) is 5.75 Å². The van der Waals surface area contributed by atoms with Crippen LogP contribution < -0.4 is 10.2 Å². The molecule has 3 rings (SSSR count). The second-order valence-corrected chi connectivity index (χ2v) is 6.83. The molecule has 3 aromatic carbocycles. The van der Waals surface area contributed by atoms with Crippen molar-refractivity contribution in [2.45, 2.75) is 13.0 Å². The number of amides is 1. The maximum absolute atomic E-state index is 12.0. The molecule has 0 aliphatic rings. The lowest BCUT2D eigenvalue weighted by atomic mass is 10.1. The van der Waals surface area contributed by atoms with E-state index in [1.54, 1.807) is 6.21 Å². The van der Waals surface area contributed by atoms with Crippen LogP contribution in [0.4, 0.5) is 0 Å². The Bertz CT molecular complexity index is 912. The molecule has 3 aromatic rings. The van der Waals surface area contributed by atoms with Gasteiger partial charge in [0.05, 0.1) is 12.6 Å². The minimum Gasteiger partial charge on any atom is -0.488 e. The molecule has 0 heterocycles. The predicted molar refractivity (Wildman–Crippen MR) is 111 cm³/mol. The van der Waals surface area contributed by atoms with Crippen LogP contribution >= 0.6 is 15.9 Å². The van der Waals surface area contributed by atoms with Gasteiger partial charge in [-0.05, 0) is 29.3 Å². The SMILES string of the molecule is O=C(Cc1ccccc1)NN=Cc1cc(Br)ccc1OCc1ccccc1. The molecular formula is C22H19BrN2O2. The number of rotatable bonds is 7. The normalized spacial score (nSPS) is 10.7. The van der Waals surface area contributed by atoms with Crippen molar-refractivity contribution in [1.29, 1.82) is 0 Å². The van der Waals surface area contributed by atoms with Crippen molar-refractivity contribution in [2.24, 2.45) is 5.10 Å². The molecule has 27 heavy (non-hydrogen) atoms. The van der Waals surface area contributed by atoms with E-state index in [0.29, 0.717) is 12.4 Å². The zero-order valence-electron chi connectivity index (χ0n) is 14.6. The van der Waals surface area contributed by atoms with Crippen molar-refractivity contribution in [1.82, 2.24) is 5.43 Å². The Kier molecular flexibility index (Phi) is 6.77. The fraction of sp³-hybridized carbons (Fsp3) is 0.0909. The Labute approximate surface area is 167 Å². The lowest BCUT2D eigenvalue weighted by Crippen LogP contribution is -2.19. The van der Waals surface area contributed by atoms with Crippen molar-refractivity contribution in [3.63, 3.8) is 0 Å². The third-order valence-corrected chi connectivity index (χ3v) is 4.30. The van der Waals surface area contributed by atoms with Gasteiger partial charge in [-0.1, -0.05) is 76.6 Å².